The van der Waals surface area contributed by atoms with E-state index in [-0.39, 0.29) is 5.82 Å². The first-order valence-corrected chi connectivity index (χ1v) is 4.94. The lowest BCUT2D eigenvalue weighted by Crippen LogP contribution is -2.05. The Morgan fingerprint density at radius 1 is 1.47 bits per heavy atom. The van der Waals surface area contributed by atoms with Gasteiger partial charge in [0.15, 0.2) is 0 Å². The average molecular weight is 205 g/mol. The van der Waals surface area contributed by atoms with E-state index < -0.39 is 5.91 Å². The molecule has 1 saturated carbocycles. The van der Waals surface area contributed by atoms with Crippen LogP contribution in [0.2, 0.25) is 0 Å². The Labute approximate surface area is 87.6 Å². The Balaban J connectivity index is 2.21. The molecule has 0 atom stereocenters. The fourth-order valence-corrected chi connectivity index (χ4v) is 1.55. The second-order valence-corrected chi connectivity index (χ2v) is 3.79. The number of nitrogens with two attached hydrogens (primary N) is 1. The van der Waals surface area contributed by atoms with Gasteiger partial charge in [-0.15, -0.1) is 0 Å². The van der Waals surface area contributed by atoms with Gasteiger partial charge in [-0.3, -0.25) is 4.79 Å². The van der Waals surface area contributed by atoms with E-state index >= 15 is 0 Å². The molecule has 0 heterocycles. The molecule has 78 valence electrons. The Bertz CT molecular complexity index is 422. The number of primary amides is 1. The smallest absolute Gasteiger partial charge is 0.241 e. The highest BCUT2D eigenvalue weighted by atomic mass is 19.1. The van der Waals surface area contributed by atoms with Crippen LogP contribution in [0.25, 0.3) is 6.08 Å². The summed E-state index contributed by atoms with van der Waals surface area (Å²) in [6, 6.07) is 5.02. The van der Waals surface area contributed by atoms with Gasteiger partial charge in [0, 0.05) is 6.08 Å². The number of hydrogen-bond acceptors (Lipinski definition) is 1. The summed E-state index contributed by atoms with van der Waals surface area (Å²) in [6.07, 6.45) is 4.90. The van der Waals surface area contributed by atoms with E-state index in [1.807, 2.05) is 0 Å². The van der Waals surface area contributed by atoms with Crippen molar-refractivity contribution in [1.82, 2.24) is 0 Å². The molecule has 3 heteroatoms. The predicted octanol–water partition coefficient (Wildman–Crippen LogP) is 2.20. The lowest BCUT2D eigenvalue weighted by molar-refractivity contribution is -0.113. The maximum atomic E-state index is 13.5. The fraction of sp³-hybridized carbons (Fsp3) is 0.250. The third kappa shape index (κ3) is 2.43. The standard InChI is InChI=1S/C12H12FNO/c13-11-7-8(2-6-12(14)15)1-5-10(11)9-3-4-9/h1-2,5-7,9H,3-4H2,(H2,14,15). The molecule has 0 radical (unpaired) electrons. The van der Waals surface area contributed by atoms with Crippen LogP contribution in [0, 0.1) is 5.82 Å². The second-order valence-electron chi connectivity index (χ2n) is 3.79. The largest absolute Gasteiger partial charge is 0.366 e. The molecular formula is C12H12FNO. The second kappa shape index (κ2) is 3.85. The van der Waals surface area contributed by atoms with Crippen molar-refractivity contribution in [3.63, 3.8) is 0 Å². The molecule has 1 aromatic carbocycles. The van der Waals surface area contributed by atoms with Crippen molar-refractivity contribution in [2.45, 2.75) is 18.8 Å². The van der Waals surface area contributed by atoms with Crippen LogP contribution >= 0.6 is 0 Å². The first kappa shape index (κ1) is 9.90. The Morgan fingerprint density at radius 3 is 2.73 bits per heavy atom. The summed E-state index contributed by atoms with van der Waals surface area (Å²) in [4.78, 5) is 10.5. The van der Waals surface area contributed by atoms with Crippen molar-refractivity contribution in [2.24, 2.45) is 5.73 Å². The highest BCUT2D eigenvalue weighted by molar-refractivity contribution is 5.90. The molecule has 0 aromatic heterocycles. The van der Waals surface area contributed by atoms with E-state index in [9.17, 15) is 9.18 Å². The van der Waals surface area contributed by atoms with Crippen LogP contribution in [0.3, 0.4) is 0 Å². The molecule has 15 heavy (non-hydrogen) atoms. The van der Waals surface area contributed by atoms with E-state index in [4.69, 9.17) is 5.73 Å². The fourth-order valence-electron chi connectivity index (χ4n) is 1.55. The van der Waals surface area contributed by atoms with Crippen LogP contribution in [0.4, 0.5) is 4.39 Å². The van der Waals surface area contributed by atoms with Gasteiger partial charge in [0.2, 0.25) is 5.91 Å². The summed E-state index contributed by atoms with van der Waals surface area (Å²) in [6.45, 7) is 0. The van der Waals surface area contributed by atoms with Gasteiger partial charge in [0.1, 0.15) is 5.82 Å². The number of benzene rings is 1. The number of hydrogen-bond donors (Lipinski definition) is 1. The molecule has 1 fully saturated rings. The van der Waals surface area contributed by atoms with Gasteiger partial charge in [0.25, 0.3) is 0 Å². The number of amides is 1. The van der Waals surface area contributed by atoms with Crippen molar-refractivity contribution in [2.75, 3.05) is 0 Å². The first-order chi connectivity index (χ1) is 7.16. The van der Waals surface area contributed by atoms with Gasteiger partial charge in [0.05, 0.1) is 0 Å². The normalized spacial score (nSPS) is 15.8. The van der Waals surface area contributed by atoms with Crippen molar-refractivity contribution in [3.05, 3.63) is 41.2 Å². The number of carbonyl (C=O) groups is 1. The topological polar surface area (TPSA) is 43.1 Å². The zero-order chi connectivity index (χ0) is 10.8. The van der Waals surface area contributed by atoms with Gasteiger partial charge in [-0.1, -0.05) is 12.1 Å². The van der Waals surface area contributed by atoms with Crippen LogP contribution in [0.5, 0.6) is 0 Å². The summed E-state index contributed by atoms with van der Waals surface area (Å²) >= 11 is 0. The quantitative estimate of drug-likeness (QED) is 0.755. The van der Waals surface area contributed by atoms with Crippen LogP contribution in [-0.4, -0.2) is 5.91 Å². The summed E-state index contributed by atoms with van der Waals surface area (Å²) < 4.78 is 13.5. The third-order valence-corrected chi connectivity index (χ3v) is 2.48. The maximum absolute atomic E-state index is 13.5. The summed E-state index contributed by atoms with van der Waals surface area (Å²) in [7, 11) is 0. The predicted molar refractivity (Wildman–Crippen MR) is 56.6 cm³/mol. The molecule has 1 aromatic rings. The van der Waals surface area contributed by atoms with Gasteiger partial charge in [-0.05, 0) is 42.0 Å². The molecular weight excluding hydrogens is 193 g/mol. The monoisotopic (exact) mass is 205 g/mol. The molecule has 2 nitrogen and oxygen atoms in total. The SMILES string of the molecule is NC(=O)C=Cc1ccc(C2CC2)c(F)c1. The molecule has 0 aliphatic heterocycles. The van der Waals surface area contributed by atoms with Gasteiger partial charge in [-0.2, -0.15) is 0 Å². The number of carbonyl (C=O) groups excluding carboxylic acids is 1. The lowest BCUT2D eigenvalue weighted by Gasteiger charge is -2.01. The van der Waals surface area contributed by atoms with Crippen molar-refractivity contribution < 1.29 is 9.18 Å². The minimum Gasteiger partial charge on any atom is -0.366 e. The molecule has 1 aliphatic carbocycles. The van der Waals surface area contributed by atoms with E-state index in [1.54, 1.807) is 12.1 Å². The van der Waals surface area contributed by atoms with E-state index in [2.05, 4.69) is 0 Å². The lowest BCUT2D eigenvalue weighted by atomic mass is 10.1. The van der Waals surface area contributed by atoms with Gasteiger partial charge in [-0.25, -0.2) is 4.39 Å². The van der Waals surface area contributed by atoms with Gasteiger partial charge >= 0.3 is 0 Å². The van der Waals surface area contributed by atoms with Crippen LogP contribution in [0.15, 0.2) is 24.3 Å². The minimum absolute atomic E-state index is 0.191. The summed E-state index contributed by atoms with van der Waals surface area (Å²) in [5.74, 6) is -0.315. The Hall–Kier alpha value is -1.64. The van der Waals surface area contributed by atoms with Crippen molar-refractivity contribution in [1.29, 1.82) is 0 Å². The summed E-state index contributed by atoms with van der Waals surface area (Å²) in [5, 5.41) is 0. The molecule has 0 unspecified atom stereocenters. The van der Waals surface area contributed by atoms with E-state index in [1.165, 1.54) is 18.2 Å². The van der Waals surface area contributed by atoms with Crippen LogP contribution in [-0.2, 0) is 4.79 Å². The zero-order valence-corrected chi connectivity index (χ0v) is 8.24. The average Bonchev–Trinajstić information content (AvgIpc) is 2.98. The third-order valence-electron chi connectivity index (χ3n) is 2.48. The molecule has 0 bridgehead atoms. The Morgan fingerprint density at radius 2 is 2.20 bits per heavy atom. The molecule has 0 saturated heterocycles. The van der Waals surface area contributed by atoms with Crippen molar-refractivity contribution in [3.8, 4) is 0 Å². The summed E-state index contributed by atoms with van der Waals surface area (Å²) in [5.41, 5.74) is 6.39. The molecule has 1 aliphatic rings. The molecule has 2 N–H and O–H groups in total. The van der Waals surface area contributed by atoms with Crippen LogP contribution < -0.4 is 5.73 Å². The molecule has 1 amide bonds. The van der Waals surface area contributed by atoms with Crippen LogP contribution in [0.1, 0.15) is 29.9 Å². The number of halogens is 1. The Kier molecular flexibility index (Phi) is 2.54. The zero-order valence-electron chi connectivity index (χ0n) is 8.24. The van der Waals surface area contributed by atoms with E-state index in [0.717, 1.165) is 18.4 Å². The number of rotatable bonds is 3. The van der Waals surface area contributed by atoms with E-state index in [0.29, 0.717) is 11.5 Å². The maximum Gasteiger partial charge on any atom is 0.241 e. The highest BCUT2D eigenvalue weighted by Gasteiger charge is 2.26. The first-order valence-electron chi connectivity index (χ1n) is 4.94. The van der Waals surface area contributed by atoms with Crippen molar-refractivity contribution >= 4 is 12.0 Å². The highest BCUT2D eigenvalue weighted by Crippen LogP contribution is 2.41. The molecule has 2 rings (SSSR count). The minimum atomic E-state index is -0.526. The van der Waals surface area contributed by atoms with Gasteiger partial charge < -0.3 is 5.73 Å². The molecule has 0 spiro atoms.